The molecule has 0 saturated carbocycles. The van der Waals surface area contributed by atoms with Crippen LogP contribution >= 0.6 is 63.7 Å². The maximum absolute atomic E-state index is 5.87. The van der Waals surface area contributed by atoms with E-state index in [1.165, 1.54) is 0 Å². The molecule has 0 amide bonds. The summed E-state index contributed by atoms with van der Waals surface area (Å²) in [6.45, 7) is 0. The number of hydrogen-bond donors (Lipinski definition) is 0. The third-order valence-corrected chi connectivity index (χ3v) is 6.26. The van der Waals surface area contributed by atoms with Crippen molar-refractivity contribution in [1.29, 1.82) is 0 Å². The Morgan fingerprint density at radius 2 is 1.28 bits per heavy atom. The highest BCUT2D eigenvalue weighted by Gasteiger charge is 2.23. The average molecular weight is 500 g/mol. The van der Waals surface area contributed by atoms with E-state index in [0.29, 0.717) is 23.0 Å². The Morgan fingerprint density at radius 3 is 1.94 bits per heavy atom. The van der Waals surface area contributed by atoms with E-state index in [1.54, 1.807) is 0 Å². The molecule has 1 aliphatic heterocycles. The monoisotopic (exact) mass is 496 g/mol. The smallest absolute Gasteiger partial charge is 0.185 e. The molecule has 0 aromatic heterocycles. The molecule has 2 aromatic carbocycles. The van der Waals surface area contributed by atoms with Gasteiger partial charge in [0.1, 0.15) is 0 Å². The second kappa shape index (κ2) is 4.81. The topological polar surface area (TPSA) is 18.5 Å². The Labute approximate surface area is 137 Å². The number of hydrogen-bond acceptors (Lipinski definition) is 2. The van der Waals surface area contributed by atoms with Crippen LogP contribution in [-0.4, -0.2) is 0 Å². The molecule has 92 valence electrons. The fraction of sp³-hybridized carbons (Fsp3) is 0. The van der Waals surface area contributed by atoms with Gasteiger partial charge in [0.2, 0.25) is 0 Å². The Balaban J connectivity index is 2.15. The third-order valence-electron chi connectivity index (χ3n) is 2.43. The fourth-order valence-electron chi connectivity index (χ4n) is 1.59. The average Bonchev–Trinajstić information content (AvgIpc) is 2.34. The van der Waals surface area contributed by atoms with E-state index in [9.17, 15) is 0 Å². The maximum Gasteiger partial charge on any atom is 0.185 e. The van der Waals surface area contributed by atoms with Gasteiger partial charge in [-0.15, -0.1) is 0 Å². The second-order valence-corrected chi connectivity index (χ2v) is 6.96. The van der Waals surface area contributed by atoms with Gasteiger partial charge in [-0.2, -0.15) is 0 Å². The molecule has 0 N–H and O–H groups in total. The predicted molar refractivity (Wildman–Crippen MR) is 83.8 cm³/mol. The molecule has 1 aliphatic rings. The van der Waals surface area contributed by atoms with Gasteiger partial charge in [-0.3, -0.25) is 0 Å². The minimum atomic E-state index is 0.672. The van der Waals surface area contributed by atoms with Gasteiger partial charge in [0, 0.05) is 25.6 Å². The van der Waals surface area contributed by atoms with E-state index in [2.05, 4.69) is 63.7 Å². The van der Waals surface area contributed by atoms with Crippen molar-refractivity contribution in [1.82, 2.24) is 0 Å². The van der Waals surface area contributed by atoms with E-state index in [-0.39, 0.29) is 0 Å². The molecule has 2 aromatic rings. The van der Waals surface area contributed by atoms with Crippen LogP contribution in [0.5, 0.6) is 23.0 Å². The zero-order valence-electron chi connectivity index (χ0n) is 8.64. The highest BCUT2D eigenvalue weighted by molar-refractivity contribution is 9.13. The van der Waals surface area contributed by atoms with Crippen molar-refractivity contribution in [2.75, 3.05) is 0 Å². The van der Waals surface area contributed by atoms with E-state index in [4.69, 9.17) is 9.47 Å². The van der Waals surface area contributed by atoms with Crippen molar-refractivity contribution in [3.8, 4) is 23.0 Å². The number of ether oxygens (including phenoxy) is 2. The largest absolute Gasteiger partial charge is 0.449 e. The molecule has 0 fully saturated rings. The van der Waals surface area contributed by atoms with Crippen LogP contribution in [-0.2, 0) is 0 Å². The highest BCUT2D eigenvalue weighted by Crippen LogP contribution is 2.51. The number of rotatable bonds is 0. The molecule has 0 saturated heterocycles. The molecule has 18 heavy (non-hydrogen) atoms. The van der Waals surface area contributed by atoms with Crippen LogP contribution in [0.3, 0.4) is 0 Å². The summed E-state index contributed by atoms with van der Waals surface area (Å²) in [6.07, 6.45) is 0. The van der Waals surface area contributed by atoms with Crippen LogP contribution in [0.25, 0.3) is 0 Å². The summed E-state index contributed by atoms with van der Waals surface area (Å²) >= 11 is 13.8. The van der Waals surface area contributed by atoms with Gasteiger partial charge in [0.15, 0.2) is 23.0 Å². The zero-order chi connectivity index (χ0) is 12.9. The van der Waals surface area contributed by atoms with Crippen LogP contribution < -0.4 is 9.47 Å². The predicted octanol–water partition coefficient (Wildman–Crippen LogP) is 6.63. The van der Waals surface area contributed by atoms with Gasteiger partial charge < -0.3 is 9.47 Å². The standard InChI is InChI=1S/C12H4Br4O2/c13-5-1-2-8-12(11(5)16)18-10-4-7(15)6(14)3-9(10)17-8/h1-4H. The van der Waals surface area contributed by atoms with Gasteiger partial charge in [0.05, 0.1) is 4.47 Å². The normalized spacial score (nSPS) is 12.2. The highest BCUT2D eigenvalue weighted by atomic mass is 79.9. The Morgan fingerprint density at radius 1 is 0.667 bits per heavy atom. The van der Waals surface area contributed by atoms with Crippen LogP contribution in [0.4, 0.5) is 0 Å². The summed E-state index contributed by atoms with van der Waals surface area (Å²) in [6, 6.07) is 7.52. The first kappa shape index (κ1) is 13.0. The number of benzene rings is 2. The van der Waals surface area contributed by atoms with Gasteiger partial charge in [-0.1, -0.05) is 0 Å². The van der Waals surface area contributed by atoms with Crippen molar-refractivity contribution >= 4 is 63.7 Å². The molecule has 0 radical (unpaired) electrons. The molecule has 3 rings (SSSR count). The molecule has 0 spiro atoms. The lowest BCUT2D eigenvalue weighted by atomic mass is 10.2. The van der Waals surface area contributed by atoms with E-state index >= 15 is 0 Å². The van der Waals surface area contributed by atoms with E-state index < -0.39 is 0 Å². The molecule has 1 heterocycles. The quantitative estimate of drug-likeness (QED) is 0.345. The molecule has 2 nitrogen and oxygen atoms in total. The van der Waals surface area contributed by atoms with Crippen molar-refractivity contribution in [2.45, 2.75) is 0 Å². The van der Waals surface area contributed by atoms with Crippen molar-refractivity contribution in [3.63, 3.8) is 0 Å². The van der Waals surface area contributed by atoms with Crippen molar-refractivity contribution in [3.05, 3.63) is 42.2 Å². The van der Waals surface area contributed by atoms with E-state index in [1.807, 2.05) is 24.3 Å². The minimum Gasteiger partial charge on any atom is -0.449 e. The SMILES string of the molecule is Brc1cc2c(cc1Br)Oc1c(ccc(Br)c1Br)O2. The molecule has 6 heteroatoms. The van der Waals surface area contributed by atoms with Gasteiger partial charge >= 0.3 is 0 Å². The molecule has 0 bridgehead atoms. The van der Waals surface area contributed by atoms with Crippen molar-refractivity contribution in [2.24, 2.45) is 0 Å². The summed E-state index contributed by atoms with van der Waals surface area (Å²) in [5.41, 5.74) is 0. The first-order chi connectivity index (χ1) is 8.56. The summed E-state index contributed by atoms with van der Waals surface area (Å²) in [5, 5.41) is 0. The molecule has 0 atom stereocenters. The first-order valence-corrected chi connectivity index (χ1v) is 8.06. The minimum absolute atomic E-state index is 0.672. The summed E-state index contributed by atoms with van der Waals surface area (Å²) in [5.74, 6) is 2.72. The molecule has 0 aliphatic carbocycles. The lowest BCUT2D eigenvalue weighted by Crippen LogP contribution is -2.00. The summed E-state index contributed by atoms with van der Waals surface area (Å²) < 4.78 is 15.3. The zero-order valence-corrected chi connectivity index (χ0v) is 15.0. The third kappa shape index (κ3) is 2.13. The molecule has 0 unspecified atom stereocenters. The fourth-order valence-corrected chi connectivity index (χ4v) is 2.95. The first-order valence-electron chi connectivity index (χ1n) is 4.89. The lowest BCUT2D eigenvalue weighted by Gasteiger charge is -2.22. The summed E-state index contributed by atoms with van der Waals surface area (Å²) in [7, 11) is 0. The van der Waals surface area contributed by atoms with Crippen LogP contribution in [0.2, 0.25) is 0 Å². The molecular formula is C12H4Br4O2. The van der Waals surface area contributed by atoms with Gasteiger partial charge in [-0.25, -0.2) is 0 Å². The Bertz CT molecular complexity index is 655. The Kier molecular flexibility index (Phi) is 3.47. The second-order valence-electron chi connectivity index (χ2n) is 3.61. The van der Waals surface area contributed by atoms with E-state index in [0.717, 1.165) is 17.9 Å². The number of fused-ring (bicyclic) bond motifs is 2. The van der Waals surface area contributed by atoms with Crippen molar-refractivity contribution < 1.29 is 9.47 Å². The lowest BCUT2D eigenvalue weighted by molar-refractivity contribution is 0.357. The summed E-state index contributed by atoms with van der Waals surface area (Å²) in [4.78, 5) is 0. The Hall–Kier alpha value is -0.0400. The number of halogens is 4. The van der Waals surface area contributed by atoms with Gasteiger partial charge in [-0.05, 0) is 75.9 Å². The van der Waals surface area contributed by atoms with Crippen LogP contribution in [0, 0.1) is 0 Å². The maximum atomic E-state index is 5.87. The van der Waals surface area contributed by atoms with Crippen LogP contribution in [0.15, 0.2) is 42.2 Å². The van der Waals surface area contributed by atoms with Gasteiger partial charge in [0.25, 0.3) is 0 Å². The van der Waals surface area contributed by atoms with Crippen LogP contribution in [0.1, 0.15) is 0 Å². The molecular weight excluding hydrogens is 496 g/mol.